The first-order valence-corrected chi connectivity index (χ1v) is 6.24. The van der Waals surface area contributed by atoms with Gasteiger partial charge in [-0.25, -0.2) is 8.78 Å². The Bertz CT molecular complexity index is 405. The molecule has 0 saturated heterocycles. The van der Waals surface area contributed by atoms with Crippen LogP contribution in [0.1, 0.15) is 32.3 Å². The van der Waals surface area contributed by atoms with Gasteiger partial charge in [0.1, 0.15) is 11.6 Å². The fourth-order valence-corrected chi connectivity index (χ4v) is 2.47. The van der Waals surface area contributed by atoms with Crippen LogP contribution < -0.4 is 5.32 Å². The number of benzene rings is 1. The highest BCUT2D eigenvalue weighted by Gasteiger charge is 2.51. The van der Waals surface area contributed by atoms with Gasteiger partial charge < -0.3 is 5.32 Å². The van der Waals surface area contributed by atoms with E-state index in [0.29, 0.717) is 11.5 Å². The molecule has 1 aromatic carbocycles. The van der Waals surface area contributed by atoms with E-state index in [-0.39, 0.29) is 17.0 Å². The fraction of sp³-hybridized carbons (Fsp3) is 0.571. The molecule has 2 atom stereocenters. The molecule has 0 heterocycles. The molecule has 0 amide bonds. The maximum absolute atomic E-state index is 13.7. The molecule has 0 bridgehead atoms. The van der Waals surface area contributed by atoms with Crippen LogP contribution >= 0.6 is 0 Å². The van der Waals surface area contributed by atoms with Gasteiger partial charge >= 0.3 is 0 Å². The van der Waals surface area contributed by atoms with Crippen LogP contribution in [0.5, 0.6) is 0 Å². The van der Waals surface area contributed by atoms with Gasteiger partial charge in [0.05, 0.1) is 0 Å². The lowest BCUT2D eigenvalue weighted by Crippen LogP contribution is -2.21. The smallest absolute Gasteiger partial charge is 0.127 e. The Morgan fingerprint density at radius 1 is 1.41 bits per heavy atom. The van der Waals surface area contributed by atoms with E-state index in [2.05, 4.69) is 12.2 Å². The van der Waals surface area contributed by atoms with Crippen LogP contribution in [-0.2, 0) is 5.41 Å². The van der Waals surface area contributed by atoms with Gasteiger partial charge in [0.25, 0.3) is 0 Å². The molecule has 0 radical (unpaired) electrons. The lowest BCUT2D eigenvalue weighted by atomic mass is 9.94. The van der Waals surface area contributed by atoms with Gasteiger partial charge in [0.2, 0.25) is 0 Å². The van der Waals surface area contributed by atoms with Crippen LogP contribution in [-0.4, -0.2) is 13.1 Å². The van der Waals surface area contributed by atoms with E-state index in [1.807, 2.05) is 6.92 Å². The molecule has 2 rings (SSSR count). The molecule has 0 aliphatic heterocycles. The van der Waals surface area contributed by atoms with Crippen LogP contribution in [0.25, 0.3) is 0 Å². The number of hydrogen-bond acceptors (Lipinski definition) is 1. The van der Waals surface area contributed by atoms with Crippen molar-refractivity contribution < 1.29 is 8.78 Å². The van der Waals surface area contributed by atoms with Crippen molar-refractivity contribution in [3.8, 4) is 0 Å². The molecule has 1 aliphatic carbocycles. The number of rotatable bonds is 5. The molecule has 17 heavy (non-hydrogen) atoms. The van der Waals surface area contributed by atoms with Gasteiger partial charge in [0, 0.05) is 0 Å². The Balaban J connectivity index is 2.05. The molecule has 1 saturated carbocycles. The van der Waals surface area contributed by atoms with Gasteiger partial charge in [-0.15, -0.1) is 0 Å². The summed E-state index contributed by atoms with van der Waals surface area (Å²) in [5.74, 6) is -0.216. The first kappa shape index (κ1) is 12.5. The molecular formula is C14H19F2N. The summed E-state index contributed by atoms with van der Waals surface area (Å²) in [4.78, 5) is 0. The summed E-state index contributed by atoms with van der Waals surface area (Å²) >= 11 is 0. The second-order valence-corrected chi connectivity index (χ2v) is 5.15. The number of nitrogens with one attached hydrogen (secondary N) is 1. The van der Waals surface area contributed by atoms with Crippen molar-refractivity contribution in [3.63, 3.8) is 0 Å². The van der Waals surface area contributed by atoms with Crippen LogP contribution in [0.15, 0.2) is 18.2 Å². The number of halogens is 2. The summed E-state index contributed by atoms with van der Waals surface area (Å²) in [5.41, 5.74) is 0.341. The van der Waals surface area contributed by atoms with E-state index >= 15 is 0 Å². The molecule has 1 aromatic rings. The van der Waals surface area contributed by atoms with Crippen molar-refractivity contribution in [2.75, 3.05) is 13.1 Å². The minimum atomic E-state index is -0.352. The summed E-state index contributed by atoms with van der Waals surface area (Å²) in [6.45, 7) is 6.01. The average molecular weight is 239 g/mol. The van der Waals surface area contributed by atoms with Gasteiger partial charge in [-0.05, 0) is 61.0 Å². The second-order valence-electron chi connectivity index (χ2n) is 5.15. The standard InChI is InChI=1S/C14H19F2N/c1-3-6-17-9-10-8-14(10,2)12-7-11(15)4-5-13(12)16/h4-5,7,10,17H,3,6,8-9H2,1-2H3. The molecule has 1 aliphatic rings. The monoisotopic (exact) mass is 239 g/mol. The predicted molar refractivity (Wildman–Crippen MR) is 65.0 cm³/mol. The fourth-order valence-electron chi connectivity index (χ4n) is 2.47. The molecule has 0 aromatic heterocycles. The Morgan fingerprint density at radius 3 is 2.88 bits per heavy atom. The molecule has 0 spiro atoms. The van der Waals surface area contributed by atoms with E-state index in [4.69, 9.17) is 0 Å². The van der Waals surface area contributed by atoms with E-state index < -0.39 is 0 Å². The summed E-state index contributed by atoms with van der Waals surface area (Å²) in [7, 11) is 0. The maximum Gasteiger partial charge on any atom is 0.127 e. The zero-order valence-electron chi connectivity index (χ0n) is 10.4. The molecule has 1 N–H and O–H groups in total. The Labute approximate surface area is 101 Å². The molecule has 94 valence electrons. The Hall–Kier alpha value is -0.960. The van der Waals surface area contributed by atoms with Crippen molar-refractivity contribution in [1.29, 1.82) is 0 Å². The van der Waals surface area contributed by atoms with Gasteiger partial charge in [-0.3, -0.25) is 0 Å². The molecule has 2 unspecified atom stereocenters. The zero-order chi connectivity index (χ0) is 12.5. The highest BCUT2D eigenvalue weighted by molar-refractivity contribution is 5.34. The summed E-state index contributed by atoms with van der Waals surface area (Å²) < 4.78 is 26.8. The van der Waals surface area contributed by atoms with Gasteiger partial charge in [-0.1, -0.05) is 13.8 Å². The maximum atomic E-state index is 13.7. The van der Waals surface area contributed by atoms with Crippen molar-refractivity contribution in [1.82, 2.24) is 5.32 Å². The SMILES string of the molecule is CCCNCC1CC1(C)c1cc(F)ccc1F. The quantitative estimate of drug-likeness (QED) is 0.778. The van der Waals surface area contributed by atoms with Crippen LogP contribution in [0.4, 0.5) is 8.78 Å². The summed E-state index contributed by atoms with van der Waals surface area (Å²) in [6.07, 6.45) is 2.03. The van der Waals surface area contributed by atoms with Crippen molar-refractivity contribution >= 4 is 0 Å². The molecule has 1 fully saturated rings. The van der Waals surface area contributed by atoms with E-state index in [0.717, 1.165) is 25.9 Å². The zero-order valence-corrected chi connectivity index (χ0v) is 10.4. The third-order valence-electron chi connectivity index (χ3n) is 3.77. The molecular weight excluding hydrogens is 220 g/mol. The Kier molecular flexibility index (Phi) is 3.48. The lowest BCUT2D eigenvalue weighted by Gasteiger charge is -2.13. The first-order valence-electron chi connectivity index (χ1n) is 6.24. The second kappa shape index (κ2) is 4.73. The van der Waals surface area contributed by atoms with Crippen molar-refractivity contribution in [2.45, 2.75) is 32.1 Å². The average Bonchev–Trinajstić information content (AvgIpc) is 2.95. The summed E-state index contributed by atoms with van der Waals surface area (Å²) in [5, 5.41) is 3.34. The minimum absolute atomic E-state index is 0.188. The minimum Gasteiger partial charge on any atom is -0.316 e. The van der Waals surface area contributed by atoms with E-state index in [1.54, 1.807) is 0 Å². The summed E-state index contributed by atoms with van der Waals surface area (Å²) in [6, 6.07) is 3.74. The van der Waals surface area contributed by atoms with E-state index in [1.165, 1.54) is 18.2 Å². The highest BCUT2D eigenvalue weighted by atomic mass is 19.1. The van der Waals surface area contributed by atoms with Crippen LogP contribution in [0, 0.1) is 17.6 Å². The predicted octanol–water partition coefficient (Wildman–Crippen LogP) is 3.24. The normalized spacial score (nSPS) is 27.2. The topological polar surface area (TPSA) is 12.0 Å². The highest BCUT2D eigenvalue weighted by Crippen LogP contribution is 2.54. The third-order valence-corrected chi connectivity index (χ3v) is 3.77. The van der Waals surface area contributed by atoms with Crippen molar-refractivity contribution in [2.24, 2.45) is 5.92 Å². The van der Waals surface area contributed by atoms with Crippen LogP contribution in [0.3, 0.4) is 0 Å². The first-order chi connectivity index (χ1) is 8.08. The Morgan fingerprint density at radius 2 is 2.18 bits per heavy atom. The molecule has 3 heteroatoms. The lowest BCUT2D eigenvalue weighted by molar-refractivity contribution is 0.530. The van der Waals surface area contributed by atoms with Gasteiger partial charge in [-0.2, -0.15) is 0 Å². The number of hydrogen-bond donors (Lipinski definition) is 1. The largest absolute Gasteiger partial charge is 0.316 e. The van der Waals surface area contributed by atoms with E-state index in [9.17, 15) is 8.78 Å². The van der Waals surface area contributed by atoms with Crippen LogP contribution in [0.2, 0.25) is 0 Å². The van der Waals surface area contributed by atoms with Crippen molar-refractivity contribution in [3.05, 3.63) is 35.4 Å². The third kappa shape index (κ3) is 2.49. The van der Waals surface area contributed by atoms with Gasteiger partial charge in [0.15, 0.2) is 0 Å². The molecule has 1 nitrogen and oxygen atoms in total.